The van der Waals surface area contributed by atoms with Gasteiger partial charge in [0, 0.05) is 18.8 Å². The SMILES string of the molecule is C=C(/C=C\C=NC)C(N)=O. The standard InChI is InChI=1S/C7H10N2O/c1-6(7(8)10)4-3-5-9-2/h3-5H,1H2,2H3,(H2,8,10)/b4-3-,9-5?. The van der Waals surface area contributed by atoms with Crippen molar-refractivity contribution in [3.63, 3.8) is 0 Å². The van der Waals surface area contributed by atoms with Gasteiger partial charge in [0.15, 0.2) is 0 Å². The summed E-state index contributed by atoms with van der Waals surface area (Å²) in [6.45, 7) is 3.40. The molecule has 0 rings (SSSR count). The van der Waals surface area contributed by atoms with E-state index in [1.165, 1.54) is 6.08 Å². The van der Waals surface area contributed by atoms with Crippen LogP contribution in [-0.4, -0.2) is 19.2 Å². The highest BCUT2D eigenvalue weighted by Gasteiger charge is 1.92. The quantitative estimate of drug-likeness (QED) is 0.340. The zero-order valence-electron chi connectivity index (χ0n) is 5.87. The highest BCUT2D eigenvalue weighted by Crippen LogP contribution is 1.88. The summed E-state index contributed by atoms with van der Waals surface area (Å²) in [6.07, 6.45) is 4.66. The molecule has 0 unspecified atom stereocenters. The molecule has 0 aliphatic rings. The average molecular weight is 138 g/mol. The second-order valence-electron chi connectivity index (χ2n) is 1.66. The molecule has 0 aromatic rings. The third-order valence-corrected chi connectivity index (χ3v) is 0.849. The van der Waals surface area contributed by atoms with Crippen molar-refractivity contribution in [1.29, 1.82) is 0 Å². The topological polar surface area (TPSA) is 55.4 Å². The van der Waals surface area contributed by atoms with Crippen LogP contribution in [0.5, 0.6) is 0 Å². The Morgan fingerprint density at radius 1 is 1.70 bits per heavy atom. The summed E-state index contributed by atoms with van der Waals surface area (Å²) in [7, 11) is 1.64. The van der Waals surface area contributed by atoms with E-state index in [2.05, 4.69) is 11.6 Å². The van der Waals surface area contributed by atoms with Gasteiger partial charge in [-0.05, 0) is 12.2 Å². The monoisotopic (exact) mass is 138 g/mol. The smallest absolute Gasteiger partial charge is 0.248 e. The molecule has 0 saturated heterocycles. The van der Waals surface area contributed by atoms with Gasteiger partial charge in [-0.2, -0.15) is 0 Å². The van der Waals surface area contributed by atoms with Gasteiger partial charge in [-0.25, -0.2) is 0 Å². The first kappa shape index (κ1) is 8.62. The molecule has 0 saturated carbocycles. The van der Waals surface area contributed by atoms with Gasteiger partial charge in [-0.15, -0.1) is 0 Å². The fourth-order valence-electron chi connectivity index (χ4n) is 0.327. The number of aliphatic imine (C=N–C) groups is 1. The minimum Gasteiger partial charge on any atom is -0.366 e. The number of carbonyl (C=O) groups excluding carboxylic acids is 1. The number of amides is 1. The van der Waals surface area contributed by atoms with E-state index in [1.807, 2.05) is 0 Å². The number of carbonyl (C=O) groups is 1. The molecule has 0 aliphatic heterocycles. The van der Waals surface area contributed by atoms with Crippen LogP contribution >= 0.6 is 0 Å². The van der Waals surface area contributed by atoms with Crippen LogP contribution in [0, 0.1) is 0 Å². The number of nitrogens with two attached hydrogens (primary N) is 1. The number of rotatable bonds is 3. The maximum absolute atomic E-state index is 10.3. The van der Waals surface area contributed by atoms with Crippen LogP contribution in [0.3, 0.4) is 0 Å². The van der Waals surface area contributed by atoms with Gasteiger partial charge in [-0.3, -0.25) is 9.79 Å². The Bertz CT molecular complexity index is 192. The summed E-state index contributed by atoms with van der Waals surface area (Å²) in [6, 6.07) is 0. The van der Waals surface area contributed by atoms with Gasteiger partial charge in [0.2, 0.25) is 5.91 Å². The van der Waals surface area contributed by atoms with E-state index in [0.717, 1.165) is 0 Å². The second-order valence-corrected chi connectivity index (χ2v) is 1.66. The first-order valence-corrected chi connectivity index (χ1v) is 2.76. The Kier molecular flexibility index (Phi) is 3.87. The lowest BCUT2D eigenvalue weighted by Gasteiger charge is -1.86. The van der Waals surface area contributed by atoms with Gasteiger partial charge in [0.1, 0.15) is 0 Å². The minimum absolute atomic E-state index is 0.278. The lowest BCUT2D eigenvalue weighted by atomic mass is 10.3. The molecule has 0 fully saturated rings. The molecule has 0 aromatic heterocycles. The molecule has 0 aliphatic carbocycles. The van der Waals surface area contributed by atoms with Crippen LogP contribution in [-0.2, 0) is 4.79 Å². The number of hydrogen-bond acceptors (Lipinski definition) is 2. The molecule has 0 spiro atoms. The predicted molar refractivity (Wildman–Crippen MR) is 41.9 cm³/mol. The van der Waals surface area contributed by atoms with Crippen molar-refractivity contribution in [2.45, 2.75) is 0 Å². The zero-order chi connectivity index (χ0) is 7.98. The Hall–Kier alpha value is -1.38. The summed E-state index contributed by atoms with van der Waals surface area (Å²) in [5, 5.41) is 0. The van der Waals surface area contributed by atoms with Crippen LogP contribution in [0.25, 0.3) is 0 Å². The van der Waals surface area contributed by atoms with E-state index in [9.17, 15) is 4.79 Å². The molecule has 54 valence electrons. The van der Waals surface area contributed by atoms with Crippen molar-refractivity contribution in [2.75, 3.05) is 7.05 Å². The van der Waals surface area contributed by atoms with Crippen molar-refractivity contribution in [3.8, 4) is 0 Å². The molecule has 2 N–H and O–H groups in total. The molecule has 10 heavy (non-hydrogen) atoms. The van der Waals surface area contributed by atoms with Crippen LogP contribution < -0.4 is 5.73 Å². The largest absolute Gasteiger partial charge is 0.366 e. The van der Waals surface area contributed by atoms with Crippen LogP contribution in [0.1, 0.15) is 0 Å². The zero-order valence-corrected chi connectivity index (χ0v) is 5.87. The maximum atomic E-state index is 10.3. The maximum Gasteiger partial charge on any atom is 0.248 e. The van der Waals surface area contributed by atoms with Crippen molar-refractivity contribution >= 4 is 12.1 Å². The lowest BCUT2D eigenvalue weighted by Crippen LogP contribution is -2.11. The molecule has 0 aromatic carbocycles. The van der Waals surface area contributed by atoms with Crippen molar-refractivity contribution in [1.82, 2.24) is 0 Å². The molecule has 0 radical (unpaired) electrons. The first-order chi connectivity index (χ1) is 4.68. The summed E-state index contributed by atoms with van der Waals surface area (Å²) in [5.74, 6) is -0.513. The molecule has 1 amide bonds. The highest BCUT2D eigenvalue weighted by molar-refractivity contribution is 5.95. The molecule has 0 heterocycles. The van der Waals surface area contributed by atoms with Gasteiger partial charge >= 0.3 is 0 Å². The van der Waals surface area contributed by atoms with Gasteiger partial charge in [0.25, 0.3) is 0 Å². The number of hydrogen-bond donors (Lipinski definition) is 1. The normalized spacial score (nSPS) is 10.9. The summed E-state index contributed by atoms with van der Waals surface area (Å²) in [4.78, 5) is 14.0. The number of primary amides is 1. The van der Waals surface area contributed by atoms with Gasteiger partial charge in [0.05, 0.1) is 0 Å². The highest BCUT2D eigenvalue weighted by atomic mass is 16.1. The molecule has 3 heteroatoms. The second kappa shape index (κ2) is 4.49. The molecule has 3 nitrogen and oxygen atoms in total. The molecule has 0 atom stereocenters. The summed E-state index contributed by atoms with van der Waals surface area (Å²) >= 11 is 0. The minimum atomic E-state index is -0.513. The summed E-state index contributed by atoms with van der Waals surface area (Å²) in [5.41, 5.74) is 5.16. The molecular weight excluding hydrogens is 128 g/mol. The van der Waals surface area contributed by atoms with E-state index in [0.29, 0.717) is 0 Å². The van der Waals surface area contributed by atoms with Crippen LogP contribution in [0.4, 0.5) is 0 Å². The lowest BCUT2D eigenvalue weighted by molar-refractivity contribution is -0.114. The third kappa shape index (κ3) is 3.60. The van der Waals surface area contributed by atoms with Crippen molar-refractivity contribution < 1.29 is 4.79 Å². The van der Waals surface area contributed by atoms with Gasteiger partial charge in [-0.1, -0.05) is 6.58 Å². The van der Waals surface area contributed by atoms with E-state index in [-0.39, 0.29) is 5.57 Å². The van der Waals surface area contributed by atoms with Crippen molar-refractivity contribution in [3.05, 3.63) is 24.3 Å². The Balaban J connectivity index is 3.90. The Morgan fingerprint density at radius 3 is 2.70 bits per heavy atom. The van der Waals surface area contributed by atoms with E-state index in [4.69, 9.17) is 5.73 Å². The number of nitrogens with zero attached hydrogens (tertiary/aromatic N) is 1. The first-order valence-electron chi connectivity index (χ1n) is 2.76. The average Bonchev–Trinajstić information content (AvgIpc) is 1.88. The fraction of sp³-hybridized carbons (Fsp3) is 0.143. The molecular formula is C7H10N2O. The van der Waals surface area contributed by atoms with Crippen molar-refractivity contribution in [2.24, 2.45) is 10.7 Å². The number of allylic oxidation sites excluding steroid dienone is 1. The Morgan fingerprint density at radius 2 is 2.30 bits per heavy atom. The van der Waals surface area contributed by atoms with E-state index in [1.54, 1.807) is 19.3 Å². The predicted octanol–water partition coefficient (Wildman–Crippen LogP) is 0.285. The van der Waals surface area contributed by atoms with Crippen LogP contribution in [0.2, 0.25) is 0 Å². The third-order valence-electron chi connectivity index (χ3n) is 0.849. The van der Waals surface area contributed by atoms with Gasteiger partial charge < -0.3 is 5.73 Å². The fourth-order valence-corrected chi connectivity index (χ4v) is 0.327. The Labute approximate surface area is 59.9 Å². The van der Waals surface area contributed by atoms with Crippen LogP contribution in [0.15, 0.2) is 29.3 Å². The molecule has 0 bridgehead atoms. The van der Waals surface area contributed by atoms with E-state index >= 15 is 0 Å². The summed E-state index contributed by atoms with van der Waals surface area (Å²) < 4.78 is 0. The van der Waals surface area contributed by atoms with E-state index < -0.39 is 5.91 Å².